The molecule has 3 fully saturated rings. The number of amides is 3. The third kappa shape index (κ3) is 4.27. The highest BCUT2D eigenvalue weighted by atomic mass is 32.3. The van der Waals surface area contributed by atoms with Crippen molar-refractivity contribution in [3.05, 3.63) is 0 Å². The molecule has 13 heteroatoms. The largest absolute Gasteiger partial charge is 0.418 e. The van der Waals surface area contributed by atoms with Crippen LogP contribution in [-0.2, 0) is 29.3 Å². The van der Waals surface area contributed by atoms with Gasteiger partial charge in [-0.1, -0.05) is 0 Å². The van der Waals surface area contributed by atoms with Crippen molar-refractivity contribution in [2.45, 2.75) is 37.8 Å². The lowest BCUT2D eigenvalue weighted by molar-refractivity contribution is -0.126. The SMILES string of the molecule is O=C(NCC1CCS(=O)(=O)CC1)[C@@H]1CC[C@@H]2CN1C(=O)N2OS(=O)(=O)O. The van der Waals surface area contributed by atoms with Crippen LogP contribution >= 0.6 is 0 Å². The summed E-state index contributed by atoms with van der Waals surface area (Å²) in [5.74, 6) is -0.0532. The van der Waals surface area contributed by atoms with Crippen molar-refractivity contribution in [1.82, 2.24) is 15.3 Å². The van der Waals surface area contributed by atoms with E-state index in [2.05, 4.69) is 9.60 Å². The Morgan fingerprint density at radius 1 is 1.23 bits per heavy atom. The Hall–Kier alpha value is -1.44. The summed E-state index contributed by atoms with van der Waals surface area (Å²) >= 11 is 0. The first kappa shape index (κ1) is 19.3. The lowest BCUT2D eigenvalue weighted by atomic mass is 9.99. The molecule has 3 amide bonds. The van der Waals surface area contributed by atoms with Gasteiger partial charge in [0, 0.05) is 13.1 Å². The molecule has 3 saturated heterocycles. The van der Waals surface area contributed by atoms with Gasteiger partial charge in [0.05, 0.1) is 17.5 Å². The summed E-state index contributed by atoms with van der Waals surface area (Å²) < 4.78 is 57.6. The third-order valence-electron chi connectivity index (χ3n) is 5.04. The second-order valence-electron chi connectivity index (χ2n) is 6.85. The number of fused-ring (bicyclic) bond motifs is 2. The standard InChI is InChI=1S/C13H21N3O8S2/c17-12(14-7-9-3-5-25(19,20)6-4-9)11-2-1-10-8-15(11)13(18)16(10)24-26(21,22)23/h9-11H,1-8H2,(H,14,17)(H,21,22,23)/t10-,11+/m1/s1. The van der Waals surface area contributed by atoms with Crippen LogP contribution in [0.1, 0.15) is 25.7 Å². The van der Waals surface area contributed by atoms with Crippen molar-refractivity contribution in [3.8, 4) is 0 Å². The van der Waals surface area contributed by atoms with Crippen molar-refractivity contribution in [3.63, 3.8) is 0 Å². The van der Waals surface area contributed by atoms with E-state index in [0.717, 1.165) is 0 Å². The monoisotopic (exact) mass is 411 g/mol. The van der Waals surface area contributed by atoms with Crippen molar-refractivity contribution >= 4 is 32.2 Å². The van der Waals surface area contributed by atoms with Crippen molar-refractivity contribution in [2.75, 3.05) is 24.6 Å². The molecule has 3 aliphatic heterocycles. The van der Waals surface area contributed by atoms with Gasteiger partial charge in [-0.05, 0) is 31.6 Å². The van der Waals surface area contributed by atoms with Crippen LogP contribution in [0.5, 0.6) is 0 Å². The quantitative estimate of drug-likeness (QED) is 0.543. The highest BCUT2D eigenvalue weighted by Crippen LogP contribution is 2.30. The molecule has 0 aromatic rings. The smallest absolute Gasteiger partial charge is 0.354 e. The summed E-state index contributed by atoms with van der Waals surface area (Å²) in [5.41, 5.74) is 0. The van der Waals surface area contributed by atoms with Gasteiger partial charge in [-0.2, -0.15) is 13.5 Å². The van der Waals surface area contributed by atoms with Crippen molar-refractivity contribution < 1.29 is 35.3 Å². The number of hydroxylamine groups is 2. The molecule has 0 unspecified atom stereocenters. The van der Waals surface area contributed by atoms with Gasteiger partial charge in [-0.25, -0.2) is 13.2 Å². The molecule has 3 heterocycles. The van der Waals surface area contributed by atoms with Gasteiger partial charge in [0.1, 0.15) is 15.9 Å². The highest BCUT2D eigenvalue weighted by molar-refractivity contribution is 7.91. The zero-order chi connectivity index (χ0) is 19.1. The summed E-state index contributed by atoms with van der Waals surface area (Å²) in [5, 5.41) is 3.35. The molecule has 2 bridgehead atoms. The molecule has 148 valence electrons. The van der Waals surface area contributed by atoms with Gasteiger partial charge in [0.2, 0.25) is 5.91 Å². The highest BCUT2D eigenvalue weighted by Gasteiger charge is 2.49. The van der Waals surface area contributed by atoms with E-state index in [1.54, 1.807) is 0 Å². The minimum atomic E-state index is -4.82. The predicted octanol–water partition coefficient (Wildman–Crippen LogP) is -1.07. The maximum atomic E-state index is 12.4. The number of nitrogens with zero attached hydrogens (tertiary/aromatic N) is 2. The second kappa shape index (κ2) is 6.94. The molecule has 0 saturated carbocycles. The Bertz CT molecular complexity index is 782. The summed E-state index contributed by atoms with van der Waals surface area (Å²) in [6.07, 6.45) is 1.69. The molecule has 0 aliphatic carbocycles. The van der Waals surface area contributed by atoms with Crippen LogP contribution < -0.4 is 5.32 Å². The molecule has 3 rings (SSSR count). The average molecular weight is 411 g/mol. The minimum Gasteiger partial charge on any atom is -0.354 e. The van der Waals surface area contributed by atoms with E-state index in [9.17, 15) is 26.4 Å². The van der Waals surface area contributed by atoms with Crippen LogP contribution in [0.4, 0.5) is 4.79 Å². The molecular formula is C13H21N3O8S2. The fourth-order valence-electron chi connectivity index (χ4n) is 3.61. The number of sulfone groups is 1. The number of hydrogen-bond acceptors (Lipinski definition) is 7. The van der Waals surface area contributed by atoms with Gasteiger partial charge in [-0.15, -0.1) is 4.28 Å². The molecule has 0 aromatic heterocycles. The molecule has 2 atom stereocenters. The van der Waals surface area contributed by atoms with Crippen LogP contribution in [0, 0.1) is 5.92 Å². The van der Waals surface area contributed by atoms with Gasteiger partial charge in [0.15, 0.2) is 0 Å². The van der Waals surface area contributed by atoms with Crippen LogP contribution in [0.3, 0.4) is 0 Å². The number of carbonyl (C=O) groups is 2. The van der Waals surface area contributed by atoms with Crippen LogP contribution in [0.15, 0.2) is 0 Å². The van der Waals surface area contributed by atoms with E-state index in [1.807, 2.05) is 0 Å². The van der Waals surface area contributed by atoms with E-state index in [4.69, 9.17) is 4.55 Å². The predicted molar refractivity (Wildman–Crippen MR) is 87.8 cm³/mol. The zero-order valence-electron chi connectivity index (χ0n) is 13.9. The first-order valence-corrected chi connectivity index (χ1v) is 11.5. The Morgan fingerprint density at radius 3 is 2.50 bits per heavy atom. The molecule has 26 heavy (non-hydrogen) atoms. The summed E-state index contributed by atoms with van der Waals surface area (Å²) in [6, 6.07) is -2.08. The molecular weight excluding hydrogens is 390 g/mol. The Labute approximate surface area is 151 Å². The lowest BCUT2D eigenvalue weighted by Crippen LogP contribution is -2.50. The van der Waals surface area contributed by atoms with Gasteiger partial charge in [0.25, 0.3) is 0 Å². The van der Waals surface area contributed by atoms with Crippen LogP contribution in [0.25, 0.3) is 0 Å². The zero-order valence-corrected chi connectivity index (χ0v) is 15.5. The Balaban J connectivity index is 1.55. The first-order valence-electron chi connectivity index (χ1n) is 8.31. The molecule has 11 nitrogen and oxygen atoms in total. The third-order valence-corrected chi connectivity index (χ3v) is 7.10. The van der Waals surface area contributed by atoms with Gasteiger partial charge < -0.3 is 10.2 Å². The Morgan fingerprint density at radius 2 is 1.88 bits per heavy atom. The van der Waals surface area contributed by atoms with Crippen LogP contribution in [-0.4, -0.2) is 80.0 Å². The van der Waals surface area contributed by atoms with Gasteiger partial charge >= 0.3 is 16.4 Å². The number of hydrogen-bond donors (Lipinski definition) is 2. The number of nitrogens with one attached hydrogen (secondary N) is 1. The fraction of sp³-hybridized carbons (Fsp3) is 0.846. The molecule has 0 radical (unpaired) electrons. The molecule has 0 spiro atoms. The second-order valence-corrected chi connectivity index (χ2v) is 10.2. The van der Waals surface area contributed by atoms with Crippen LogP contribution in [0.2, 0.25) is 0 Å². The first-order chi connectivity index (χ1) is 12.1. The average Bonchev–Trinajstić information content (AvgIpc) is 2.77. The molecule has 3 aliphatic rings. The van der Waals surface area contributed by atoms with E-state index in [-0.39, 0.29) is 29.9 Å². The topological polar surface area (TPSA) is 150 Å². The lowest BCUT2D eigenvalue weighted by Gasteiger charge is -2.30. The fourth-order valence-corrected chi connectivity index (χ4v) is 5.59. The van der Waals surface area contributed by atoms with E-state index in [1.165, 1.54) is 4.90 Å². The summed E-state index contributed by atoms with van der Waals surface area (Å²) in [7, 11) is -7.79. The number of rotatable bonds is 5. The molecule has 0 aromatic carbocycles. The van der Waals surface area contributed by atoms with Gasteiger partial charge in [-0.3, -0.25) is 9.35 Å². The number of carbonyl (C=O) groups excluding carboxylic acids is 2. The van der Waals surface area contributed by atoms with Crippen molar-refractivity contribution in [2.24, 2.45) is 5.92 Å². The Kier molecular flexibility index (Phi) is 5.16. The minimum absolute atomic E-state index is 0.0763. The van der Waals surface area contributed by atoms with E-state index < -0.39 is 38.4 Å². The van der Waals surface area contributed by atoms with E-state index in [0.29, 0.717) is 37.3 Å². The summed E-state index contributed by atoms with van der Waals surface area (Å²) in [6.45, 7) is 0.468. The normalized spacial score (nSPS) is 29.0. The maximum Gasteiger partial charge on any atom is 0.418 e. The van der Waals surface area contributed by atoms with E-state index >= 15 is 0 Å². The molecule has 2 N–H and O–H groups in total. The number of piperidine rings is 1. The summed E-state index contributed by atoms with van der Waals surface area (Å²) in [4.78, 5) is 25.9. The maximum absolute atomic E-state index is 12.4. The number of urea groups is 1. The van der Waals surface area contributed by atoms with Crippen molar-refractivity contribution in [1.29, 1.82) is 0 Å².